The largest absolute Gasteiger partial charge is 0.476 e. The van der Waals surface area contributed by atoms with E-state index in [9.17, 15) is 14.3 Å². The number of hydrogen-bond donors (Lipinski definition) is 2. The number of carboxylic acids is 1. The normalized spacial score (nSPS) is 11.0. The first-order valence-corrected chi connectivity index (χ1v) is 6.77. The molecule has 0 atom stereocenters. The molecule has 22 heavy (non-hydrogen) atoms. The van der Waals surface area contributed by atoms with E-state index in [0.717, 1.165) is 0 Å². The molecule has 1 aromatic heterocycles. The van der Waals surface area contributed by atoms with Crippen LogP contribution in [0.1, 0.15) is 16.1 Å². The average molecular weight is 320 g/mol. The van der Waals surface area contributed by atoms with Gasteiger partial charge in [-0.25, -0.2) is 9.18 Å². The van der Waals surface area contributed by atoms with Crippen molar-refractivity contribution >= 4 is 34.2 Å². The summed E-state index contributed by atoms with van der Waals surface area (Å²) in [4.78, 5) is 11.3. The van der Waals surface area contributed by atoms with Gasteiger partial charge in [-0.3, -0.25) is 4.68 Å². The van der Waals surface area contributed by atoms with E-state index in [1.807, 2.05) is 0 Å². The first-order chi connectivity index (χ1) is 10.5. The summed E-state index contributed by atoms with van der Waals surface area (Å²) >= 11 is 5.72. The van der Waals surface area contributed by atoms with Gasteiger partial charge in [0.15, 0.2) is 5.69 Å². The number of rotatable bonds is 3. The van der Waals surface area contributed by atoms with E-state index in [1.54, 1.807) is 24.3 Å². The SMILES string of the molecule is Nc1ccc2c(C(=O)O)nn(Cc3ccc(Cl)cc3F)c2c1. The quantitative estimate of drug-likeness (QED) is 0.727. The molecule has 0 bridgehead atoms. The molecule has 0 aliphatic heterocycles. The fourth-order valence-electron chi connectivity index (χ4n) is 2.28. The lowest BCUT2D eigenvalue weighted by atomic mass is 10.2. The Morgan fingerprint density at radius 3 is 2.77 bits per heavy atom. The van der Waals surface area contributed by atoms with E-state index < -0.39 is 11.8 Å². The highest BCUT2D eigenvalue weighted by Gasteiger charge is 2.17. The summed E-state index contributed by atoms with van der Waals surface area (Å²) in [5.41, 5.74) is 7.01. The van der Waals surface area contributed by atoms with Gasteiger partial charge in [-0.15, -0.1) is 0 Å². The fourth-order valence-corrected chi connectivity index (χ4v) is 2.44. The molecule has 3 N–H and O–H groups in total. The van der Waals surface area contributed by atoms with Crippen LogP contribution < -0.4 is 5.73 Å². The Balaban J connectivity index is 2.14. The van der Waals surface area contributed by atoms with Crippen molar-refractivity contribution in [3.63, 3.8) is 0 Å². The van der Waals surface area contributed by atoms with E-state index in [1.165, 1.54) is 16.8 Å². The van der Waals surface area contributed by atoms with Crippen LogP contribution in [0.2, 0.25) is 5.02 Å². The zero-order chi connectivity index (χ0) is 15.9. The average Bonchev–Trinajstić information content (AvgIpc) is 2.80. The number of hydrogen-bond acceptors (Lipinski definition) is 3. The number of carboxylic acid groups (broad SMARTS) is 1. The van der Waals surface area contributed by atoms with Crippen molar-refractivity contribution < 1.29 is 14.3 Å². The van der Waals surface area contributed by atoms with E-state index in [0.29, 0.717) is 27.2 Å². The lowest BCUT2D eigenvalue weighted by Crippen LogP contribution is -2.06. The van der Waals surface area contributed by atoms with Crippen LogP contribution in [0, 0.1) is 5.82 Å². The van der Waals surface area contributed by atoms with Crippen molar-refractivity contribution in [2.45, 2.75) is 6.54 Å². The van der Waals surface area contributed by atoms with Gasteiger partial charge in [-0.05, 0) is 30.3 Å². The van der Waals surface area contributed by atoms with Crippen molar-refractivity contribution in [1.82, 2.24) is 9.78 Å². The molecule has 5 nitrogen and oxygen atoms in total. The molecule has 112 valence electrons. The Bertz CT molecular complexity index is 892. The molecule has 0 unspecified atom stereocenters. The Hall–Kier alpha value is -2.60. The number of nitrogen functional groups attached to an aromatic ring is 1. The lowest BCUT2D eigenvalue weighted by Gasteiger charge is -2.06. The van der Waals surface area contributed by atoms with E-state index in [2.05, 4.69) is 5.10 Å². The number of carbonyl (C=O) groups is 1. The van der Waals surface area contributed by atoms with Gasteiger partial charge in [-0.2, -0.15) is 5.10 Å². The zero-order valence-corrected chi connectivity index (χ0v) is 12.0. The predicted octanol–water partition coefficient (Wildman–Crippen LogP) is 3.16. The smallest absolute Gasteiger partial charge is 0.357 e. The van der Waals surface area contributed by atoms with Crippen molar-refractivity contribution in [1.29, 1.82) is 0 Å². The van der Waals surface area contributed by atoms with Gasteiger partial charge in [0.25, 0.3) is 0 Å². The number of anilines is 1. The van der Waals surface area contributed by atoms with Crippen LogP contribution in [0.15, 0.2) is 36.4 Å². The van der Waals surface area contributed by atoms with Crippen LogP contribution in [0.5, 0.6) is 0 Å². The Kier molecular flexibility index (Phi) is 3.46. The summed E-state index contributed by atoms with van der Waals surface area (Å²) in [5, 5.41) is 14.0. The molecule has 3 aromatic rings. The predicted molar refractivity (Wildman–Crippen MR) is 81.6 cm³/mol. The van der Waals surface area contributed by atoms with Gasteiger partial charge in [0.1, 0.15) is 5.82 Å². The van der Waals surface area contributed by atoms with Crippen molar-refractivity contribution in [2.75, 3.05) is 5.73 Å². The summed E-state index contributed by atoms with van der Waals surface area (Å²) in [6.45, 7) is 0.0796. The molecule has 7 heteroatoms. The van der Waals surface area contributed by atoms with Crippen LogP contribution >= 0.6 is 11.6 Å². The molecule has 0 saturated heterocycles. The van der Waals surface area contributed by atoms with E-state index >= 15 is 0 Å². The highest BCUT2D eigenvalue weighted by molar-refractivity contribution is 6.30. The second-order valence-corrected chi connectivity index (χ2v) is 5.26. The minimum atomic E-state index is -1.15. The van der Waals surface area contributed by atoms with E-state index in [4.69, 9.17) is 17.3 Å². The molecule has 0 amide bonds. The molecule has 0 saturated carbocycles. The summed E-state index contributed by atoms with van der Waals surface area (Å²) in [5.74, 6) is -1.62. The van der Waals surface area contributed by atoms with Crippen molar-refractivity contribution in [2.24, 2.45) is 0 Å². The first-order valence-electron chi connectivity index (χ1n) is 6.39. The number of aromatic nitrogens is 2. The molecule has 2 aromatic carbocycles. The monoisotopic (exact) mass is 319 g/mol. The fraction of sp³-hybridized carbons (Fsp3) is 0.0667. The number of aromatic carboxylic acids is 1. The van der Waals surface area contributed by atoms with Gasteiger partial charge in [0.05, 0.1) is 12.1 Å². The Morgan fingerprint density at radius 1 is 1.32 bits per heavy atom. The molecular formula is C15H11ClFN3O2. The van der Waals surface area contributed by atoms with Crippen LogP contribution in [0.4, 0.5) is 10.1 Å². The second-order valence-electron chi connectivity index (χ2n) is 4.82. The lowest BCUT2D eigenvalue weighted by molar-refractivity contribution is 0.0691. The van der Waals surface area contributed by atoms with Crippen molar-refractivity contribution in [3.05, 3.63) is 58.5 Å². The number of benzene rings is 2. The zero-order valence-electron chi connectivity index (χ0n) is 11.3. The van der Waals surface area contributed by atoms with Crippen molar-refractivity contribution in [3.8, 4) is 0 Å². The molecular weight excluding hydrogens is 309 g/mol. The maximum atomic E-state index is 13.9. The molecule has 0 aliphatic carbocycles. The van der Waals surface area contributed by atoms with Gasteiger partial charge in [0, 0.05) is 21.7 Å². The van der Waals surface area contributed by atoms with Crippen LogP contribution in [0.25, 0.3) is 10.9 Å². The number of halogens is 2. The van der Waals surface area contributed by atoms with Crippen LogP contribution in [-0.4, -0.2) is 20.9 Å². The van der Waals surface area contributed by atoms with Gasteiger partial charge in [-0.1, -0.05) is 17.7 Å². The minimum absolute atomic E-state index is 0.0796. The van der Waals surface area contributed by atoms with Crippen LogP contribution in [0.3, 0.4) is 0 Å². The van der Waals surface area contributed by atoms with Gasteiger partial charge >= 0.3 is 5.97 Å². The minimum Gasteiger partial charge on any atom is -0.476 e. The molecule has 0 radical (unpaired) electrons. The maximum absolute atomic E-state index is 13.9. The number of fused-ring (bicyclic) bond motifs is 1. The maximum Gasteiger partial charge on any atom is 0.357 e. The van der Waals surface area contributed by atoms with E-state index in [-0.39, 0.29) is 12.2 Å². The second kappa shape index (κ2) is 5.31. The molecule has 3 rings (SSSR count). The third-order valence-corrected chi connectivity index (χ3v) is 3.55. The van der Waals surface area contributed by atoms with Gasteiger partial charge in [0.2, 0.25) is 0 Å². The topological polar surface area (TPSA) is 81.1 Å². The molecule has 0 fully saturated rings. The summed E-state index contributed by atoms with van der Waals surface area (Å²) in [6.07, 6.45) is 0. The van der Waals surface area contributed by atoms with Gasteiger partial charge < -0.3 is 10.8 Å². The Labute approximate surface area is 129 Å². The molecule has 1 heterocycles. The summed E-state index contributed by atoms with van der Waals surface area (Å²) < 4.78 is 15.3. The number of nitrogens with zero attached hydrogens (tertiary/aromatic N) is 2. The first kappa shape index (κ1) is 14.3. The standard InChI is InChI=1S/C15H11ClFN3O2/c16-9-2-1-8(12(17)5-9)7-20-13-6-10(18)3-4-11(13)14(19-20)15(21)22/h1-6H,7,18H2,(H,21,22). The van der Waals surface area contributed by atoms with Crippen LogP contribution in [-0.2, 0) is 6.54 Å². The highest BCUT2D eigenvalue weighted by atomic mass is 35.5. The highest BCUT2D eigenvalue weighted by Crippen LogP contribution is 2.23. The third kappa shape index (κ3) is 2.48. The molecule has 0 aliphatic rings. The summed E-state index contributed by atoms with van der Waals surface area (Å²) in [6, 6.07) is 9.12. The Morgan fingerprint density at radius 2 is 2.09 bits per heavy atom. The third-order valence-electron chi connectivity index (χ3n) is 3.31. The summed E-state index contributed by atoms with van der Waals surface area (Å²) in [7, 11) is 0. The number of nitrogens with two attached hydrogens (primary N) is 1. The molecule has 0 spiro atoms.